The Morgan fingerprint density at radius 2 is 1.48 bits per heavy atom. The molecule has 0 aliphatic carbocycles. The molecule has 0 spiro atoms. The maximum Gasteiger partial charge on any atom is 0.270 e. The van der Waals surface area contributed by atoms with Gasteiger partial charge in [0, 0.05) is 35.2 Å². The number of aromatic nitrogens is 2. The van der Waals surface area contributed by atoms with Gasteiger partial charge in [-0.05, 0) is 18.2 Å². The van der Waals surface area contributed by atoms with Crippen LogP contribution in [0.5, 0.6) is 0 Å². The van der Waals surface area contributed by atoms with Gasteiger partial charge in [0.2, 0.25) is 0 Å². The van der Waals surface area contributed by atoms with E-state index in [-0.39, 0.29) is 11.4 Å². The normalized spacial score (nSPS) is 10.8. The smallest absolute Gasteiger partial charge is 0.258 e. The summed E-state index contributed by atoms with van der Waals surface area (Å²) in [4.78, 5) is 21.0. The summed E-state index contributed by atoms with van der Waals surface area (Å²) >= 11 is 0. The first-order valence-corrected chi connectivity index (χ1v) is 8.02. The molecule has 0 saturated carbocycles. The molecule has 0 atom stereocenters. The predicted octanol–water partition coefficient (Wildman–Crippen LogP) is 4.51. The van der Waals surface area contributed by atoms with Crippen LogP contribution >= 0.6 is 0 Å². The standard InChI is InChI=1S/C19H12N4O4/c24-22(25)15-10-8-14(9-11-15)21-18-7-2-1-6-17(18)19(20-21)13-4-3-5-16(12-13)23(26)27/h1-12H. The van der Waals surface area contributed by atoms with Gasteiger partial charge < -0.3 is 0 Å². The summed E-state index contributed by atoms with van der Waals surface area (Å²) in [5, 5.41) is 27.4. The number of hydrogen-bond acceptors (Lipinski definition) is 5. The lowest BCUT2D eigenvalue weighted by Gasteiger charge is -2.02. The van der Waals surface area contributed by atoms with Crippen molar-refractivity contribution in [3.63, 3.8) is 0 Å². The monoisotopic (exact) mass is 360 g/mol. The summed E-state index contributed by atoms with van der Waals surface area (Å²) in [5.41, 5.74) is 2.67. The van der Waals surface area contributed by atoms with E-state index in [0.717, 1.165) is 10.9 Å². The van der Waals surface area contributed by atoms with E-state index in [0.29, 0.717) is 16.9 Å². The van der Waals surface area contributed by atoms with Crippen LogP contribution in [0.2, 0.25) is 0 Å². The van der Waals surface area contributed by atoms with Gasteiger partial charge in [0.1, 0.15) is 5.69 Å². The molecular weight excluding hydrogens is 348 g/mol. The molecule has 8 heteroatoms. The lowest BCUT2D eigenvalue weighted by atomic mass is 10.1. The van der Waals surface area contributed by atoms with Crippen molar-refractivity contribution >= 4 is 22.3 Å². The third-order valence-corrected chi connectivity index (χ3v) is 4.22. The molecule has 4 rings (SSSR count). The minimum Gasteiger partial charge on any atom is -0.258 e. The maximum absolute atomic E-state index is 11.1. The van der Waals surface area contributed by atoms with E-state index < -0.39 is 9.85 Å². The minimum absolute atomic E-state index is 0.00545. The second-order valence-corrected chi connectivity index (χ2v) is 5.86. The molecule has 4 aromatic rings. The zero-order chi connectivity index (χ0) is 19.0. The third kappa shape index (κ3) is 2.89. The number of benzene rings is 3. The molecule has 0 amide bonds. The van der Waals surface area contributed by atoms with Gasteiger partial charge >= 0.3 is 0 Å². The zero-order valence-electron chi connectivity index (χ0n) is 13.9. The quantitative estimate of drug-likeness (QED) is 0.393. The van der Waals surface area contributed by atoms with Gasteiger partial charge in [0.25, 0.3) is 11.4 Å². The van der Waals surface area contributed by atoms with Gasteiger partial charge in [-0.1, -0.05) is 30.3 Å². The maximum atomic E-state index is 11.1. The van der Waals surface area contributed by atoms with Gasteiger partial charge in [-0.2, -0.15) is 5.10 Å². The Balaban J connectivity index is 1.90. The number of para-hydroxylation sites is 1. The highest BCUT2D eigenvalue weighted by molar-refractivity contribution is 5.94. The van der Waals surface area contributed by atoms with Gasteiger partial charge in [-0.25, -0.2) is 4.68 Å². The van der Waals surface area contributed by atoms with Crippen molar-refractivity contribution in [2.45, 2.75) is 0 Å². The number of nitrogens with zero attached hydrogens (tertiary/aromatic N) is 4. The van der Waals surface area contributed by atoms with Crippen LogP contribution in [-0.2, 0) is 0 Å². The second kappa shape index (κ2) is 6.34. The fourth-order valence-corrected chi connectivity index (χ4v) is 2.96. The summed E-state index contributed by atoms with van der Waals surface area (Å²) in [6.45, 7) is 0. The molecule has 0 aliphatic rings. The molecule has 0 fully saturated rings. The Morgan fingerprint density at radius 3 is 2.19 bits per heavy atom. The largest absolute Gasteiger partial charge is 0.270 e. The van der Waals surface area contributed by atoms with E-state index in [1.807, 2.05) is 24.3 Å². The molecule has 1 heterocycles. The molecule has 0 bridgehead atoms. The van der Waals surface area contributed by atoms with Crippen LogP contribution in [-0.4, -0.2) is 19.6 Å². The SMILES string of the molecule is O=[N+]([O-])c1ccc(-n2nc(-c3cccc([N+](=O)[O-])c3)c3ccccc32)cc1. The highest BCUT2D eigenvalue weighted by Crippen LogP contribution is 2.31. The molecular formula is C19H12N4O4. The molecule has 0 saturated heterocycles. The molecule has 0 radical (unpaired) electrons. The lowest BCUT2D eigenvalue weighted by molar-refractivity contribution is -0.385. The highest BCUT2D eigenvalue weighted by Gasteiger charge is 2.16. The number of non-ortho nitro benzene ring substituents is 2. The van der Waals surface area contributed by atoms with E-state index in [1.54, 1.807) is 28.9 Å². The van der Waals surface area contributed by atoms with Crippen LogP contribution in [0.4, 0.5) is 11.4 Å². The third-order valence-electron chi connectivity index (χ3n) is 4.22. The van der Waals surface area contributed by atoms with Crippen molar-refractivity contribution in [1.29, 1.82) is 0 Å². The van der Waals surface area contributed by atoms with E-state index >= 15 is 0 Å². The fraction of sp³-hybridized carbons (Fsp3) is 0. The topological polar surface area (TPSA) is 104 Å². The second-order valence-electron chi connectivity index (χ2n) is 5.86. The first kappa shape index (κ1) is 16.4. The van der Waals surface area contributed by atoms with Crippen molar-refractivity contribution in [2.24, 2.45) is 0 Å². The highest BCUT2D eigenvalue weighted by atomic mass is 16.6. The van der Waals surface area contributed by atoms with Gasteiger partial charge in [-0.15, -0.1) is 0 Å². The Hall–Kier alpha value is -4.07. The Kier molecular flexibility index (Phi) is 3.85. The van der Waals surface area contributed by atoms with Crippen molar-refractivity contribution in [1.82, 2.24) is 9.78 Å². The van der Waals surface area contributed by atoms with E-state index in [1.165, 1.54) is 24.3 Å². The number of nitro groups is 2. The molecule has 3 aromatic carbocycles. The average molecular weight is 360 g/mol. The van der Waals surface area contributed by atoms with E-state index in [9.17, 15) is 20.2 Å². The van der Waals surface area contributed by atoms with Crippen molar-refractivity contribution in [3.8, 4) is 16.9 Å². The molecule has 0 N–H and O–H groups in total. The Bertz CT molecular complexity index is 1180. The number of nitro benzene ring substituents is 2. The first-order valence-electron chi connectivity index (χ1n) is 8.02. The van der Waals surface area contributed by atoms with Crippen LogP contribution in [0.3, 0.4) is 0 Å². The zero-order valence-corrected chi connectivity index (χ0v) is 13.9. The molecule has 0 unspecified atom stereocenters. The Labute approximate surface area is 152 Å². The molecule has 8 nitrogen and oxygen atoms in total. The van der Waals surface area contributed by atoms with Crippen molar-refractivity contribution in [3.05, 3.63) is 93.0 Å². The van der Waals surface area contributed by atoms with Crippen LogP contribution in [0, 0.1) is 20.2 Å². The number of hydrogen-bond donors (Lipinski definition) is 0. The number of fused-ring (bicyclic) bond motifs is 1. The summed E-state index contributed by atoms with van der Waals surface area (Å²) in [7, 11) is 0. The average Bonchev–Trinajstić information content (AvgIpc) is 3.08. The number of rotatable bonds is 4. The molecule has 1 aromatic heterocycles. The van der Waals surface area contributed by atoms with Crippen molar-refractivity contribution < 1.29 is 9.85 Å². The molecule has 0 aliphatic heterocycles. The Morgan fingerprint density at radius 1 is 0.778 bits per heavy atom. The summed E-state index contributed by atoms with van der Waals surface area (Å²) in [6, 6.07) is 19.9. The van der Waals surface area contributed by atoms with Crippen molar-refractivity contribution in [2.75, 3.05) is 0 Å². The summed E-state index contributed by atoms with van der Waals surface area (Å²) in [5.74, 6) is 0. The van der Waals surface area contributed by atoms with Crippen LogP contribution in [0.1, 0.15) is 0 Å². The predicted molar refractivity (Wildman–Crippen MR) is 99.8 cm³/mol. The van der Waals surface area contributed by atoms with E-state index in [4.69, 9.17) is 0 Å². The summed E-state index contributed by atoms with van der Waals surface area (Å²) < 4.78 is 1.67. The van der Waals surface area contributed by atoms with Gasteiger partial charge in [0.15, 0.2) is 0 Å². The first-order chi connectivity index (χ1) is 13.0. The summed E-state index contributed by atoms with van der Waals surface area (Å²) in [6.07, 6.45) is 0. The molecule has 132 valence electrons. The van der Waals surface area contributed by atoms with E-state index in [2.05, 4.69) is 5.10 Å². The van der Waals surface area contributed by atoms with Crippen LogP contribution < -0.4 is 0 Å². The van der Waals surface area contributed by atoms with Gasteiger partial charge in [0.05, 0.1) is 21.1 Å². The lowest BCUT2D eigenvalue weighted by Crippen LogP contribution is -1.97. The van der Waals surface area contributed by atoms with Gasteiger partial charge in [-0.3, -0.25) is 20.2 Å². The minimum atomic E-state index is -0.459. The molecule has 27 heavy (non-hydrogen) atoms. The van der Waals surface area contributed by atoms with Crippen LogP contribution in [0.25, 0.3) is 27.8 Å². The van der Waals surface area contributed by atoms with Crippen LogP contribution in [0.15, 0.2) is 72.8 Å². The fourth-order valence-electron chi connectivity index (χ4n) is 2.96.